The zero-order chi connectivity index (χ0) is 15.4. The van der Waals surface area contributed by atoms with Crippen molar-refractivity contribution in [2.24, 2.45) is 0 Å². The third kappa shape index (κ3) is 3.45. The Morgan fingerprint density at radius 3 is 2.52 bits per heavy atom. The van der Waals surface area contributed by atoms with Crippen molar-refractivity contribution >= 4 is 5.97 Å². The van der Waals surface area contributed by atoms with Crippen molar-refractivity contribution in [3.8, 4) is 0 Å². The summed E-state index contributed by atoms with van der Waals surface area (Å²) in [5.41, 5.74) is 3.60. The van der Waals surface area contributed by atoms with E-state index < -0.39 is 0 Å². The van der Waals surface area contributed by atoms with Crippen LogP contribution in [-0.2, 0) is 17.9 Å². The summed E-state index contributed by atoms with van der Waals surface area (Å²) in [6, 6.07) is 3.95. The maximum atomic E-state index is 12.3. The molecule has 1 aromatic heterocycles. The largest absolute Gasteiger partial charge is 0.454 e. The number of esters is 1. The first-order valence-electron chi connectivity index (χ1n) is 7.03. The lowest BCUT2D eigenvalue weighted by molar-refractivity contribution is 0.0454. The van der Waals surface area contributed by atoms with Gasteiger partial charge in [-0.3, -0.25) is 0 Å². The minimum atomic E-state index is -0.337. The summed E-state index contributed by atoms with van der Waals surface area (Å²) in [5.74, 6) is 0.226. The number of aromatic nitrogens is 4. The van der Waals surface area contributed by atoms with E-state index in [0.29, 0.717) is 17.9 Å². The molecule has 21 heavy (non-hydrogen) atoms. The summed E-state index contributed by atoms with van der Waals surface area (Å²) in [5, 5.41) is 11.4. The highest BCUT2D eigenvalue weighted by molar-refractivity contribution is 5.92. The van der Waals surface area contributed by atoms with Crippen LogP contribution in [0.3, 0.4) is 0 Å². The van der Waals surface area contributed by atoms with Crippen molar-refractivity contribution < 1.29 is 9.53 Å². The number of benzene rings is 1. The average Bonchev–Trinajstić information content (AvgIpc) is 2.83. The van der Waals surface area contributed by atoms with Crippen molar-refractivity contribution in [1.29, 1.82) is 0 Å². The molecular weight excluding hydrogens is 268 g/mol. The van der Waals surface area contributed by atoms with Gasteiger partial charge in [-0.25, -0.2) is 9.48 Å². The van der Waals surface area contributed by atoms with Crippen LogP contribution in [0, 0.1) is 20.8 Å². The Morgan fingerprint density at radius 2 is 1.90 bits per heavy atom. The van der Waals surface area contributed by atoms with Crippen molar-refractivity contribution in [2.45, 2.75) is 47.3 Å². The number of aryl methyl sites for hydroxylation is 4. The van der Waals surface area contributed by atoms with E-state index >= 15 is 0 Å². The minimum Gasteiger partial charge on any atom is -0.454 e. The number of carbonyl (C=O) groups is 1. The van der Waals surface area contributed by atoms with E-state index in [9.17, 15) is 4.79 Å². The Kier molecular flexibility index (Phi) is 4.67. The van der Waals surface area contributed by atoms with E-state index in [0.717, 1.165) is 23.1 Å². The number of nitrogens with zero attached hydrogens (tertiary/aromatic N) is 4. The van der Waals surface area contributed by atoms with Gasteiger partial charge >= 0.3 is 5.97 Å². The molecule has 2 rings (SSSR count). The summed E-state index contributed by atoms with van der Waals surface area (Å²) in [7, 11) is 0. The Hall–Kier alpha value is -2.24. The van der Waals surface area contributed by atoms with Gasteiger partial charge in [0.2, 0.25) is 0 Å². The van der Waals surface area contributed by atoms with Crippen molar-refractivity contribution in [1.82, 2.24) is 20.2 Å². The fourth-order valence-corrected chi connectivity index (χ4v) is 2.42. The Labute approximate surface area is 124 Å². The molecule has 0 aliphatic carbocycles. The second kappa shape index (κ2) is 6.47. The van der Waals surface area contributed by atoms with E-state index in [2.05, 4.69) is 15.5 Å². The van der Waals surface area contributed by atoms with Crippen LogP contribution in [0.4, 0.5) is 0 Å². The van der Waals surface area contributed by atoms with E-state index in [-0.39, 0.29) is 12.6 Å². The molecule has 1 aromatic carbocycles. The molecule has 0 amide bonds. The molecule has 0 saturated heterocycles. The lowest BCUT2D eigenvalue weighted by Crippen LogP contribution is -2.13. The molecule has 0 unspecified atom stereocenters. The van der Waals surface area contributed by atoms with Crippen molar-refractivity contribution in [3.05, 3.63) is 40.2 Å². The lowest BCUT2D eigenvalue weighted by Gasteiger charge is -2.11. The highest BCUT2D eigenvalue weighted by Gasteiger charge is 2.16. The van der Waals surface area contributed by atoms with Gasteiger partial charge in [-0.05, 0) is 48.7 Å². The van der Waals surface area contributed by atoms with E-state index in [1.165, 1.54) is 0 Å². The normalized spacial score (nSPS) is 10.7. The summed E-state index contributed by atoms with van der Waals surface area (Å²) < 4.78 is 7.01. The van der Waals surface area contributed by atoms with Crippen LogP contribution in [0.1, 0.15) is 46.2 Å². The number of tetrazole rings is 1. The van der Waals surface area contributed by atoms with Crippen molar-refractivity contribution in [2.75, 3.05) is 0 Å². The molecular formula is C15H20N4O2. The van der Waals surface area contributed by atoms with E-state index in [1.54, 1.807) is 4.68 Å². The smallest absolute Gasteiger partial charge is 0.339 e. The molecule has 0 spiro atoms. The predicted molar refractivity (Wildman–Crippen MR) is 77.9 cm³/mol. The first kappa shape index (κ1) is 15.2. The monoisotopic (exact) mass is 288 g/mol. The number of carbonyl (C=O) groups excluding carboxylic acids is 1. The molecule has 0 aliphatic rings. The minimum absolute atomic E-state index is 0.0819. The Balaban J connectivity index is 2.10. The molecule has 1 heterocycles. The van der Waals surface area contributed by atoms with Crippen LogP contribution >= 0.6 is 0 Å². The average molecular weight is 288 g/mol. The van der Waals surface area contributed by atoms with Gasteiger partial charge in [0.15, 0.2) is 12.4 Å². The summed E-state index contributed by atoms with van der Waals surface area (Å²) in [6.45, 7) is 8.67. The van der Waals surface area contributed by atoms with Crippen LogP contribution in [0.5, 0.6) is 0 Å². The molecule has 0 fully saturated rings. The van der Waals surface area contributed by atoms with E-state index in [1.807, 2.05) is 39.8 Å². The third-order valence-corrected chi connectivity index (χ3v) is 3.25. The molecule has 6 nitrogen and oxygen atoms in total. The number of rotatable bonds is 5. The van der Waals surface area contributed by atoms with Crippen LogP contribution in [0.15, 0.2) is 12.1 Å². The summed E-state index contributed by atoms with van der Waals surface area (Å²) in [4.78, 5) is 12.3. The van der Waals surface area contributed by atoms with Gasteiger partial charge in [-0.2, -0.15) is 0 Å². The SMILES string of the molecule is CCCn1nnnc1COC(=O)c1c(C)cc(C)cc1C. The molecule has 0 radical (unpaired) electrons. The maximum Gasteiger partial charge on any atom is 0.339 e. The second-order valence-electron chi connectivity index (χ2n) is 5.17. The second-order valence-corrected chi connectivity index (χ2v) is 5.17. The molecule has 0 aliphatic heterocycles. The van der Waals surface area contributed by atoms with Gasteiger partial charge in [-0.15, -0.1) is 5.10 Å². The summed E-state index contributed by atoms with van der Waals surface area (Å²) >= 11 is 0. The Morgan fingerprint density at radius 1 is 1.24 bits per heavy atom. The van der Waals surface area contributed by atoms with Crippen LogP contribution in [0.2, 0.25) is 0 Å². The Bertz CT molecular complexity index is 626. The third-order valence-electron chi connectivity index (χ3n) is 3.25. The molecule has 2 aromatic rings. The first-order valence-corrected chi connectivity index (χ1v) is 7.03. The summed E-state index contributed by atoms with van der Waals surface area (Å²) in [6.07, 6.45) is 0.919. The van der Waals surface area contributed by atoms with Gasteiger partial charge in [0, 0.05) is 6.54 Å². The first-order chi connectivity index (χ1) is 10.0. The van der Waals surface area contributed by atoms with Crippen LogP contribution in [-0.4, -0.2) is 26.2 Å². The fraction of sp³-hybridized carbons (Fsp3) is 0.467. The quantitative estimate of drug-likeness (QED) is 0.790. The number of hydrogen-bond acceptors (Lipinski definition) is 5. The topological polar surface area (TPSA) is 69.9 Å². The van der Waals surface area contributed by atoms with Gasteiger partial charge < -0.3 is 4.74 Å². The molecule has 0 N–H and O–H groups in total. The van der Waals surface area contributed by atoms with Gasteiger partial charge in [-0.1, -0.05) is 24.6 Å². The lowest BCUT2D eigenvalue weighted by atomic mass is 10.00. The molecule has 0 saturated carbocycles. The van der Waals surface area contributed by atoms with Crippen LogP contribution in [0.25, 0.3) is 0 Å². The maximum absolute atomic E-state index is 12.3. The van der Waals surface area contributed by atoms with Crippen LogP contribution < -0.4 is 0 Å². The van der Waals surface area contributed by atoms with E-state index in [4.69, 9.17) is 4.74 Å². The van der Waals surface area contributed by atoms with Gasteiger partial charge in [0.1, 0.15) is 0 Å². The van der Waals surface area contributed by atoms with Gasteiger partial charge in [0.25, 0.3) is 0 Å². The molecule has 0 atom stereocenters. The predicted octanol–water partition coefficient (Wildman–Crippen LogP) is 2.37. The molecule has 0 bridgehead atoms. The molecule has 112 valence electrons. The standard InChI is InChI=1S/C15H20N4O2/c1-5-6-19-13(16-17-18-19)9-21-15(20)14-11(3)7-10(2)8-12(14)4/h7-8H,5-6,9H2,1-4H3. The van der Waals surface area contributed by atoms with Crippen molar-refractivity contribution in [3.63, 3.8) is 0 Å². The zero-order valence-electron chi connectivity index (χ0n) is 12.9. The molecule has 6 heteroatoms. The number of hydrogen-bond donors (Lipinski definition) is 0. The highest BCUT2D eigenvalue weighted by atomic mass is 16.5. The fourth-order valence-electron chi connectivity index (χ4n) is 2.42. The van der Waals surface area contributed by atoms with Gasteiger partial charge in [0.05, 0.1) is 5.56 Å². The zero-order valence-corrected chi connectivity index (χ0v) is 12.9. The number of ether oxygens (including phenoxy) is 1. The highest BCUT2D eigenvalue weighted by Crippen LogP contribution is 2.17.